The molecule has 0 aromatic carbocycles. The Bertz CT molecular complexity index is 1330. The molecule has 1 aliphatic rings. The predicted octanol–water partition coefficient (Wildman–Crippen LogP) is 10.6. The second-order valence-electron chi connectivity index (χ2n) is 27.6. The number of nitrogens with one attached hydrogen (secondary N) is 1. The summed E-state index contributed by atoms with van der Waals surface area (Å²) in [6.45, 7) is 53.2. The molecule has 1 fully saturated rings. The number of hydrogen-bond donors (Lipinski definition) is 1. The topological polar surface area (TPSA) is 138 Å². The summed E-state index contributed by atoms with van der Waals surface area (Å²) in [5.41, 5.74) is 0.642. The molecule has 0 unspecified atom stereocenters. The van der Waals surface area contributed by atoms with Gasteiger partial charge in [-0.2, -0.15) is 0 Å². The molecule has 1 heterocycles. The number of nitrogens with zero attached hydrogens (tertiary/aromatic N) is 6. The molecule has 0 atom stereocenters. The van der Waals surface area contributed by atoms with Gasteiger partial charge in [0.2, 0.25) is 17.7 Å². The van der Waals surface area contributed by atoms with Crippen LogP contribution in [0.3, 0.4) is 0 Å². The molecular weight excluding hydrogens is 987 g/mol. The van der Waals surface area contributed by atoms with E-state index in [0.717, 1.165) is 116 Å². The fourth-order valence-corrected chi connectivity index (χ4v) is 11.0. The van der Waals surface area contributed by atoms with Crippen molar-refractivity contribution in [3.8, 4) is 0 Å². The highest BCUT2D eigenvalue weighted by Gasteiger charge is 2.34. The van der Waals surface area contributed by atoms with Crippen LogP contribution in [0, 0.1) is 0 Å². The first-order valence-corrected chi connectivity index (χ1v) is 30.7. The molecule has 0 aromatic rings. The van der Waals surface area contributed by atoms with Crippen LogP contribution in [-0.2, 0) is 42.8 Å². The molecule has 1 N–H and O–H groups in total. The van der Waals surface area contributed by atoms with Gasteiger partial charge in [-0.05, 0) is 183 Å². The van der Waals surface area contributed by atoms with Crippen molar-refractivity contribution in [1.82, 2.24) is 34.7 Å². The van der Waals surface area contributed by atoms with Gasteiger partial charge in [0.15, 0.2) is 0 Å². The van der Waals surface area contributed by atoms with Crippen LogP contribution in [0.25, 0.3) is 0 Å². The second-order valence-corrected chi connectivity index (χ2v) is 27.6. The van der Waals surface area contributed by atoms with E-state index in [-0.39, 0.29) is 77.4 Å². The van der Waals surface area contributed by atoms with Gasteiger partial charge in [-0.1, -0.05) is 25.7 Å². The maximum absolute atomic E-state index is 13.6. The average molecular weight is 1110 g/mol. The highest BCUT2D eigenvalue weighted by atomic mass is 16.5. The average Bonchev–Trinajstić information content (AvgIpc) is 3.31. The molecule has 0 aromatic heterocycles. The Hall–Kier alpha value is -1.99. The highest BCUT2D eigenvalue weighted by Crippen LogP contribution is 2.27. The minimum atomic E-state index is -0.0736. The van der Waals surface area contributed by atoms with Crippen LogP contribution in [0.2, 0.25) is 0 Å². The predicted molar refractivity (Wildman–Crippen MR) is 321 cm³/mol. The lowest BCUT2D eigenvalue weighted by atomic mass is 9.96. The van der Waals surface area contributed by atoms with E-state index < -0.39 is 0 Å². The Labute approximate surface area is 479 Å². The molecule has 0 bridgehead atoms. The molecule has 78 heavy (non-hydrogen) atoms. The summed E-state index contributed by atoms with van der Waals surface area (Å²) in [6, 6.07) is 0. The molecule has 1 saturated heterocycles. The third kappa shape index (κ3) is 35.1. The summed E-state index contributed by atoms with van der Waals surface area (Å²) in [6.07, 6.45) is 11.9. The lowest BCUT2D eigenvalue weighted by Crippen LogP contribution is -2.59. The van der Waals surface area contributed by atoms with Gasteiger partial charge in [-0.3, -0.25) is 29.1 Å². The third-order valence-corrected chi connectivity index (χ3v) is 14.1. The molecule has 1 rings (SSSR count). The zero-order chi connectivity index (χ0) is 58.9. The fourth-order valence-electron chi connectivity index (χ4n) is 11.0. The molecule has 16 heteroatoms. The quantitative estimate of drug-likeness (QED) is 0.0581. The minimum Gasteiger partial charge on any atom is -0.379 e. The first kappa shape index (κ1) is 74.0. The van der Waals surface area contributed by atoms with Crippen LogP contribution in [0.1, 0.15) is 221 Å². The Morgan fingerprint density at radius 1 is 0.308 bits per heavy atom. The number of amides is 3. The molecular formula is C62H125N7O9. The van der Waals surface area contributed by atoms with E-state index in [1.807, 2.05) is 0 Å². The number of carbonyl (C=O) groups excluding carboxylic acids is 3. The summed E-state index contributed by atoms with van der Waals surface area (Å²) < 4.78 is 35.0. The second kappa shape index (κ2) is 38.7. The van der Waals surface area contributed by atoms with Crippen molar-refractivity contribution < 1.29 is 42.8 Å². The van der Waals surface area contributed by atoms with E-state index in [9.17, 15) is 14.4 Å². The van der Waals surface area contributed by atoms with E-state index in [1.54, 1.807) is 14.7 Å². The van der Waals surface area contributed by atoms with Crippen LogP contribution < -0.4 is 5.32 Å². The maximum atomic E-state index is 13.6. The van der Waals surface area contributed by atoms with Crippen molar-refractivity contribution in [3.63, 3.8) is 0 Å². The molecule has 0 spiro atoms. The van der Waals surface area contributed by atoms with E-state index >= 15 is 0 Å². The van der Waals surface area contributed by atoms with E-state index in [2.05, 4.69) is 145 Å². The summed E-state index contributed by atoms with van der Waals surface area (Å²) in [7, 11) is 0. The van der Waals surface area contributed by atoms with E-state index in [1.165, 1.54) is 0 Å². The van der Waals surface area contributed by atoms with Crippen molar-refractivity contribution >= 4 is 17.7 Å². The lowest BCUT2D eigenvalue weighted by Gasteiger charge is -2.45. The zero-order valence-electron chi connectivity index (χ0n) is 54.1. The molecule has 16 nitrogen and oxygen atoms in total. The van der Waals surface area contributed by atoms with Gasteiger partial charge in [0, 0.05) is 118 Å². The van der Waals surface area contributed by atoms with Gasteiger partial charge in [0.25, 0.3) is 0 Å². The third-order valence-electron chi connectivity index (χ3n) is 14.1. The van der Waals surface area contributed by atoms with Crippen LogP contribution in [0.4, 0.5) is 0 Å². The normalized spacial score (nSPS) is 14.5. The molecule has 462 valence electrons. The van der Waals surface area contributed by atoms with Crippen molar-refractivity contribution in [3.05, 3.63) is 0 Å². The van der Waals surface area contributed by atoms with Crippen molar-refractivity contribution in [2.24, 2.45) is 0 Å². The molecule has 1 aliphatic heterocycles. The van der Waals surface area contributed by atoms with Gasteiger partial charge in [-0.15, -0.1) is 0 Å². The standard InChI is InChI=1S/C62H125N7O9/c1-57(2,3)67(58(4,5)6)36-28-42-76-48-45-73-39-25-21-19-23-31-54(70)64-51-65(55(71)32-24-20-22-26-40-74-46-49-77-43-29-37-68(59(7,8)9)60(10,11)12)53-66(52-64)56(72)33-35-63-34-27-41-75-47-50-78-44-30-38-69(61(13,14)15)62(16,17)18/h63H,19-53H2,1-18H3. The first-order valence-electron chi connectivity index (χ1n) is 30.7. The number of carbonyl (C=O) groups is 3. The number of unbranched alkanes of at least 4 members (excludes halogenated alkanes) is 6. The van der Waals surface area contributed by atoms with Crippen LogP contribution in [0.15, 0.2) is 0 Å². The summed E-state index contributed by atoms with van der Waals surface area (Å²) in [5, 5.41) is 3.37. The van der Waals surface area contributed by atoms with Gasteiger partial charge in [-0.25, -0.2) is 0 Å². The number of hydrogen-bond acceptors (Lipinski definition) is 13. The maximum Gasteiger partial charge on any atom is 0.226 e. The van der Waals surface area contributed by atoms with Gasteiger partial charge < -0.3 is 48.4 Å². The summed E-state index contributed by atoms with van der Waals surface area (Å²) in [5.74, 6) is -0.127. The summed E-state index contributed by atoms with van der Waals surface area (Å²) in [4.78, 5) is 53.5. The van der Waals surface area contributed by atoms with Gasteiger partial charge >= 0.3 is 0 Å². The summed E-state index contributed by atoms with van der Waals surface area (Å²) >= 11 is 0. The fraction of sp³-hybridized carbons (Fsp3) is 0.952. The van der Waals surface area contributed by atoms with E-state index in [0.29, 0.717) is 85.5 Å². The van der Waals surface area contributed by atoms with Crippen LogP contribution >= 0.6 is 0 Å². The van der Waals surface area contributed by atoms with Crippen LogP contribution in [0.5, 0.6) is 0 Å². The SMILES string of the molecule is CC(C)(C)N(CCCOCCOCCCCCCC(=O)N1CN(C(=O)CCCCCCOCCOCCCN(C(C)(C)C)C(C)(C)C)CN(C(=O)CCNCCCOCCOCCCN(C(C)(C)C)C(C)(C)C)C1)C(C)(C)C. The van der Waals surface area contributed by atoms with Crippen molar-refractivity contribution in [1.29, 1.82) is 0 Å². The smallest absolute Gasteiger partial charge is 0.226 e. The monoisotopic (exact) mass is 1110 g/mol. The van der Waals surface area contributed by atoms with Crippen molar-refractivity contribution in [2.75, 3.05) is 132 Å². The highest BCUT2D eigenvalue weighted by molar-refractivity contribution is 5.82. The molecule has 3 amide bonds. The first-order chi connectivity index (χ1) is 36.4. The number of ether oxygens (including phenoxy) is 6. The molecule has 0 radical (unpaired) electrons. The Balaban J connectivity index is 2.49. The van der Waals surface area contributed by atoms with Gasteiger partial charge in [0.1, 0.15) is 0 Å². The van der Waals surface area contributed by atoms with Crippen LogP contribution in [-0.4, -0.2) is 212 Å². The largest absolute Gasteiger partial charge is 0.379 e. The Morgan fingerprint density at radius 3 is 0.833 bits per heavy atom. The Morgan fingerprint density at radius 2 is 0.551 bits per heavy atom. The molecule has 0 aliphatic carbocycles. The van der Waals surface area contributed by atoms with E-state index in [4.69, 9.17) is 28.4 Å². The zero-order valence-corrected chi connectivity index (χ0v) is 54.1. The Kier molecular flexibility index (Phi) is 36.7. The van der Waals surface area contributed by atoms with Crippen molar-refractivity contribution in [2.45, 2.75) is 254 Å². The molecule has 0 saturated carbocycles. The lowest BCUT2D eigenvalue weighted by molar-refractivity contribution is -0.158. The number of rotatable bonds is 42. The van der Waals surface area contributed by atoms with Gasteiger partial charge in [0.05, 0.1) is 59.6 Å². The minimum absolute atomic E-state index is 0.0267.